The average molecular weight is 861 g/mol. The van der Waals surface area contributed by atoms with Gasteiger partial charge in [0, 0.05) is 46.9 Å². The molecule has 2 aliphatic rings. The smallest absolute Gasteiger partial charge is 0.338 e. The van der Waals surface area contributed by atoms with Crippen molar-refractivity contribution in [2.45, 2.75) is 148 Å². The van der Waals surface area contributed by atoms with E-state index in [4.69, 9.17) is 18.9 Å². The van der Waals surface area contributed by atoms with Crippen molar-refractivity contribution in [1.29, 1.82) is 0 Å². The zero-order chi connectivity index (χ0) is 39.3. The lowest BCUT2D eigenvalue weighted by Gasteiger charge is -2.31. The van der Waals surface area contributed by atoms with Crippen LogP contribution in [0, 0.1) is 3.57 Å². The first-order chi connectivity index (χ1) is 25.7. The monoisotopic (exact) mass is 860 g/mol. The summed E-state index contributed by atoms with van der Waals surface area (Å²) < 4.78 is 25.8. The fourth-order valence-corrected chi connectivity index (χ4v) is 7.24. The lowest BCUT2D eigenvalue weighted by Crippen LogP contribution is -2.43. The third kappa shape index (κ3) is 13.2. The van der Waals surface area contributed by atoms with Crippen molar-refractivity contribution >= 4 is 46.3 Å². The Morgan fingerprint density at radius 2 is 1.63 bits per heavy atom. The first-order valence-corrected chi connectivity index (χ1v) is 20.4. The zero-order valence-corrected chi connectivity index (χ0v) is 34.4. The van der Waals surface area contributed by atoms with Crippen LogP contribution in [0.15, 0.2) is 60.2 Å². The topological polar surface area (TPSA) is 149 Å². The quantitative estimate of drug-likeness (QED) is 0.0751. The zero-order valence-electron chi connectivity index (χ0n) is 32.3. The molecule has 12 heteroatoms. The number of amides is 2. The second-order valence-electron chi connectivity index (χ2n) is 15.2. The third-order valence-corrected chi connectivity index (χ3v) is 10.1. The van der Waals surface area contributed by atoms with E-state index in [-0.39, 0.29) is 38.3 Å². The molecule has 1 fully saturated rings. The molecule has 0 radical (unpaired) electrons. The Kier molecular flexibility index (Phi) is 16.5. The Balaban J connectivity index is 1.46. The van der Waals surface area contributed by atoms with Crippen LogP contribution in [0.5, 0.6) is 0 Å². The van der Waals surface area contributed by atoms with E-state index in [0.717, 1.165) is 54.9 Å². The van der Waals surface area contributed by atoms with E-state index in [1.807, 2.05) is 12.1 Å². The van der Waals surface area contributed by atoms with Crippen LogP contribution in [-0.2, 0) is 35.1 Å². The van der Waals surface area contributed by atoms with Crippen LogP contribution in [0.4, 0.5) is 0 Å². The number of fused-ring (bicyclic) bond motifs is 1. The number of rotatable bonds is 19. The number of halogens is 1. The van der Waals surface area contributed by atoms with E-state index >= 15 is 0 Å². The van der Waals surface area contributed by atoms with Crippen molar-refractivity contribution in [3.8, 4) is 0 Å². The van der Waals surface area contributed by atoms with Gasteiger partial charge in [-0.15, -0.1) is 0 Å². The number of aliphatic hydroxyl groups excluding tert-OH is 1. The van der Waals surface area contributed by atoms with Crippen molar-refractivity contribution in [3.05, 3.63) is 80.4 Å². The number of hydrogen-bond donors (Lipinski definition) is 3. The van der Waals surface area contributed by atoms with Crippen LogP contribution in [0.3, 0.4) is 0 Å². The predicted molar refractivity (Wildman–Crippen MR) is 214 cm³/mol. The van der Waals surface area contributed by atoms with Gasteiger partial charge in [-0.25, -0.2) is 4.79 Å². The van der Waals surface area contributed by atoms with Crippen molar-refractivity contribution in [3.63, 3.8) is 0 Å². The molecular weight excluding hydrogens is 803 g/mol. The minimum Gasteiger partial charge on any atom is -0.460 e. The van der Waals surface area contributed by atoms with Gasteiger partial charge in [-0.2, -0.15) is 0 Å². The van der Waals surface area contributed by atoms with E-state index in [1.54, 1.807) is 63.2 Å². The average Bonchev–Trinajstić information content (AvgIpc) is 3.50. The second-order valence-corrected chi connectivity index (χ2v) is 16.4. The van der Waals surface area contributed by atoms with E-state index in [0.29, 0.717) is 22.3 Å². The summed E-state index contributed by atoms with van der Waals surface area (Å²) in [7, 11) is 0. The number of hydrogen-bond acceptors (Lipinski definition) is 9. The van der Waals surface area contributed by atoms with Gasteiger partial charge < -0.3 is 34.7 Å². The summed E-state index contributed by atoms with van der Waals surface area (Å²) in [6.45, 7) is 9.45. The van der Waals surface area contributed by atoms with Gasteiger partial charge in [0.15, 0.2) is 5.79 Å². The van der Waals surface area contributed by atoms with Gasteiger partial charge in [0.2, 0.25) is 5.91 Å². The molecule has 4 unspecified atom stereocenters. The van der Waals surface area contributed by atoms with Crippen molar-refractivity contribution < 1.29 is 43.2 Å². The molecular formula is C42H57IN2O9. The highest BCUT2D eigenvalue weighted by Gasteiger charge is 2.52. The number of ether oxygens (including phenoxy) is 4. The Morgan fingerprint density at radius 3 is 2.28 bits per heavy atom. The fourth-order valence-electron chi connectivity index (χ4n) is 6.70. The van der Waals surface area contributed by atoms with Crippen molar-refractivity contribution in [1.82, 2.24) is 10.6 Å². The van der Waals surface area contributed by atoms with Gasteiger partial charge in [0.25, 0.3) is 5.91 Å². The second kappa shape index (κ2) is 20.5. The van der Waals surface area contributed by atoms with E-state index in [9.17, 15) is 24.3 Å². The van der Waals surface area contributed by atoms with Crippen LogP contribution in [0.2, 0.25) is 0 Å². The summed E-state index contributed by atoms with van der Waals surface area (Å²) in [4.78, 5) is 52.4. The van der Waals surface area contributed by atoms with Crippen LogP contribution < -0.4 is 10.6 Å². The largest absolute Gasteiger partial charge is 0.460 e. The van der Waals surface area contributed by atoms with Crippen LogP contribution in [-0.4, -0.2) is 71.2 Å². The molecule has 3 N–H and O–H groups in total. The fraction of sp³-hybridized carbons (Fsp3) is 0.571. The minimum absolute atomic E-state index is 0.0495. The highest BCUT2D eigenvalue weighted by molar-refractivity contribution is 14.1. The molecule has 0 aromatic heterocycles. The summed E-state index contributed by atoms with van der Waals surface area (Å²) in [5.41, 5.74) is 1.27. The van der Waals surface area contributed by atoms with Gasteiger partial charge in [-0.05, 0) is 105 Å². The number of benzene rings is 2. The molecule has 2 amide bonds. The van der Waals surface area contributed by atoms with Crippen LogP contribution in [0.25, 0.3) is 0 Å². The molecule has 11 nitrogen and oxygen atoms in total. The minimum atomic E-state index is -0.819. The summed E-state index contributed by atoms with van der Waals surface area (Å²) >= 11 is 2.15. The normalized spacial score (nSPS) is 19.6. The Morgan fingerprint density at radius 1 is 0.944 bits per heavy atom. The lowest BCUT2D eigenvalue weighted by molar-refractivity contribution is -0.190. The number of carbonyl (C=O) groups excluding carboxylic acids is 4. The molecule has 54 heavy (non-hydrogen) atoms. The molecule has 0 spiro atoms. The van der Waals surface area contributed by atoms with Crippen LogP contribution in [0.1, 0.15) is 132 Å². The molecule has 0 saturated carbocycles. The van der Waals surface area contributed by atoms with Crippen LogP contribution >= 0.6 is 22.6 Å². The molecule has 4 rings (SSSR count). The van der Waals surface area contributed by atoms with Gasteiger partial charge in [-0.3, -0.25) is 14.4 Å². The van der Waals surface area contributed by atoms with Gasteiger partial charge in [-0.1, -0.05) is 57.7 Å². The Hall–Kier alpha value is -3.33. The number of aliphatic hydroxyl groups is 1. The van der Waals surface area contributed by atoms with E-state index in [2.05, 4.69) is 47.1 Å². The maximum absolute atomic E-state index is 13.7. The summed E-state index contributed by atoms with van der Waals surface area (Å²) in [5.74, 6) is -2.46. The molecule has 1 saturated heterocycles. The first kappa shape index (κ1) is 43.4. The number of nitrogens with one attached hydrogen (secondary N) is 2. The lowest BCUT2D eigenvalue weighted by atomic mass is 9.91. The highest BCUT2D eigenvalue weighted by atomic mass is 127. The molecule has 2 aromatic rings. The summed E-state index contributed by atoms with van der Waals surface area (Å²) in [6.07, 6.45) is 7.90. The highest BCUT2D eigenvalue weighted by Crippen LogP contribution is 2.43. The molecule has 2 aromatic carbocycles. The third-order valence-electron chi connectivity index (χ3n) is 9.43. The maximum Gasteiger partial charge on any atom is 0.338 e. The van der Waals surface area contributed by atoms with Crippen molar-refractivity contribution in [2.24, 2.45) is 0 Å². The number of unbranched alkanes of at least 4 members (excludes halogenated alkanes) is 4. The SMILES string of the molecule is CCCCCC1(CCCCC)OC2C=C(C(=O)NCc3cccc(C(=O)NC(CO)CCC(=O)OC(C)(C)C)c3)CC(OC(=O)c3cccc(I)c3)C2O1. The first-order valence-electron chi connectivity index (χ1n) is 19.3. The summed E-state index contributed by atoms with van der Waals surface area (Å²) in [5, 5.41) is 15.6. The predicted octanol–water partition coefficient (Wildman–Crippen LogP) is 7.32. The van der Waals surface area contributed by atoms with E-state index in [1.165, 1.54) is 0 Å². The molecule has 0 bridgehead atoms. The van der Waals surface area contributed by atoms with Crippen molar-refractivity contribution in [2.75, 3.05) is 6.61 Å². The van der Waals surface area contributed by atoms with Gasteiger partial charge >= 0.3 is 11.9 Å². The maximum atomic E-state index is 13.7. The molecule has 1 aliphatic heterocycles. The van der Waals surface area contributed by atoms with E-state index < -0.39 is 53.6 Å². The molecule has 4 atom stereocenters. The summed E-state index contributed by atoms with van der Waals surface area (Å²) in [6, 6.07) is 13.4. The molecule has 1 heterocycles. The molecule has 296 valence electrons. The van der Waals surface area contributed by atoms with Gasteiger partial charge in [0.1, 0.15) is 23.9 Å². The van der Waals surface area contributed by atoms with Gasteiger partial charge in [0.05, 0.1) is 18.2 Å². The standard InChI is InChI=1S/C42H57IN2O9/c1-6-8-10-20-42(21-11-9-7-2)52-35-25-31(24-34(37(35)54-42)51-40(50)30-16-13-17-32(43)23-30)38(48)44-26-28-14-12-15-29(22-28)39(49)45-33(27-46)18-19-36(47)53-41(3,4)5/h12-17,22-23,25,33-35,37,46H,6-11,18-21,24,26-27H2,1-5H3,(H,44,48)(H,45,49). The molecule has 1 aliphatic carbocycles. The Labute approximate surface area is 333 Å². The Bertz CT molecular complexity index is 1610. The number of carbonyl (C=O) groups is 4. The number of esters is 2.